The molecule has 0 fully saturated rings. The van der Waals surface area contributed by atoms with E-state index >= 15 is 0 Å². The van der Waals surface area contributed by atoms with Gasteiger partial charge in [-0.3, -0.25) is 4.68 Å². The molecule has 0 spiro atoms. The van der Waals surface area contributed by atoms with Gasteiger partial charge in [-0.2, -0.15) is 10.2 Å². The smallest absolute Gasteiger partial charge is 0.0648 e. The zero-order valence-electron chi connectivity index (χ0n) is 15.7. The van der Waals surface area contributed by atoms with Crippen molar-refractivity contribution >= 4 is 0 Å². The Balaban J connectivity index is 1.76. The van der Waals surface area contributed by atoms with Crippen molar-refractivity contribution in [1.82, 2.24) is 24.9 Å². The summed E-state index contributed by atoms with van der Waals surface area (Å²) in [6.07, 6.45) is 1.97. The number of nitrogens with one attached hydrogen (secondary N) is 1. The first kappa shape index (κ1) is 17.4. The summed E-state index contributed by atoms with van der Waals surface area (Å²) in [7, 11) is 0. The monoisotopic (exact) mass is 337 g/mol. The fraction of sp³-hybridized carbons (Fsp3) is 0.400. The van der Waals surface area contributed by atoms with Crippen LogP contribution in [-0.4, -0.2) is 19.6 Å². The first-order valence-corrected chi connectivity index (χ1v) is 8.89. The summed E-state index contributed by atoms with van der Waals surface area (Å²) in [4.78, 5) is 0. The van der Waals surface area contributed by atoms with E-state index < -0.39 is 0 Å². The maximum Gasteiger partial charge on any atom is 0.0648 e. The number of nitrogens with zero attached hydrogens (tertiary/aromatic N) is 4. The van der Waals surface area contributed by atoms with Crippen LogP contribution in [0.15, 0.2) is 36.5 Å². The third-order valence-corrected chi connectivity index (χ3v) is 4.93. The lowest BCUT2D eigenvalue weighted by molar-refractivity contribution is 0.567. The minimum Gasteiger partial charge on any atom is -0.306 e. The average molecular weight is 337 g/mol. The van der Waals surface area contributed by atoms with E-state index in [4.69, 9.17) is 0 Å². The van der Waals surface area contributed by atoms with Crippen molar-refractivity contribution < 1.29 is 0 Å². The summed E-state index contributed by atoms with van der Waals surface area (Å²) in [6, 6.07) is 10.5. The van der Waals surface area contributed by atoms with Gasteiger partial charge in [0.05, 0.1) is 17.6 Å². The predicted molar refractivity (Wildman–Crippen MR) is 101 cm³/mol. The highest BCUT2D eigenvalue weighted by molar-refractivity contribution is 5.35. The lowest BCUT2D eigenvalue weighted by Gasteiger charge is -2.14. The van der Waals surface area contributed by atoms with E-state index in [-0.39, 0.29) is 6.04 Å². The fourth-order valence-electron chi connectivity index (χ4n) is 3.34. The van der Waals surface area contributed by atoms with Gasteiger partial charge in [0, 0.05) is 41.6 Å². The van der Waals surface area contributed by atoms with Gasteiger partial charge in [0.1, 0.15) is 0 Å². The molecule has 0 saturated heterocycles. The van der Waals surface area contributed by atoms with E-state index in [1.54, 1.807) is 0 Å². The SMILES string of the molecule is CCn1nc(C)c(CN[C@H](C)c2cnn(-c3ccccc3)c2C)c1C. The first-order valence-electron chi connectivity index (χ1n) is 8.89. The average Bonchev–Trinajstić information content (AvgIpc) is 3.13. The Labute approximate surface area is 149 Å². The minimum absolute atomic E-state index is 0.223. The van der Waals surface area contributed by atoms with Gasteiger partial charge in [-0.25, -0.2) is 4.68 Å². The van der Waals surface area contributed by atoms with Gasteiger partial charge < -0.3 is 5.32 Å². The zero-order valence-corrected chi connectivity index (χ0v) is 15.7. The molecule has 3 aromatic rings. The number of hydrogen-bond acceptors (Lipinski definition) is 3. The van der Waals surface area contributed by atoms with E-state index in [0.29, 0.717) is 0 Å². The highest BCUT2D eigenvalue weighted by Crippen LogP contribution is 2.21. The lowest BCUT2D eigenvalue weighted by Crippen LogP contribution is -2.19. The van der Waals surface area contributed by atoms with Crippen molar-refractivity contribution in [2.45, 2.75) is 53.8 Å². The molecule has 0 aliphatic rings. The van der Waals surface area contributed by atoms with Crippen molar-refractivity contribution in [3.05, 3.63) is 64.7 Å². The summed E-state index contributed by atoms with van der Waals surface area (Å²) < 4.78 is 4.06. The molecule has 1 atom stereocenters. The van der Waals surface area contributed by atoms with Crippen LogP contribution in [0.3, 0.4) is 0 Å². The van der Waals surface area contributed by atoms with Gasteiger partial charge in [-0.15, -0.1) is 0 Å². The van der Waals surface area contributed by atoms with Crippen LogP contribution in [0.4, 0.5) is 0 Å². The van der Waals surface area contributed by atoms with Crippen LogP contribution in [0.5, 0.6) is 0 Å². The molecule has 2 aromatic heterocycles. The topological polar surface area (TPSA) is 47.7 Å². The van der Waals surface area contributed by atoms with Crippen LogP contribution >= 0.6 is 0 Å². The van der Waals surface area contributed by atoms with Crippen molar-refractivity contribution in [1.29, 1.82) is 0 Å². The van der Waals surface area contributed by atoms with Crippen LogP contribution in [0.1, 0.15) is 48.1 Å². The van der Waals surface area contributed by atoms with Crippen LogP contribution < -0.4 is 5.32 Å². The molecule has 25 heavy (non-hydrogen) atoms. The molecule has 0 unspecified atom stereocenters. The predicted octanol–water partition coefficient (Wildman–Crippen LogP) is 3.86. The van der Waals surface area contributed by atoms with Gasteiger partial charge in [-0.05, 0) is 46.8 Å². The Morgan fingerprint density at radius 1 is 1.08 bits per heavy atom. The molecular weight excluding hydrogens is 310 g/mol. The number of para-hydroxylation sites is 1. The minimum atomic E-state index is 0.223. The van der Waals surface area contributed by atoms with E-state index in [1.165, 1.54) is 22.5 Å². The molecule has 3 rings (SSSR count). The Morgan fingerprint density at radius 2 is 1.80 bits per heavy atom. The van der Waals surface area contributed by atoms with E-state index in [2.05, 4.69) is 66.9 Å². The Hall–Kier alpha value is -2.40. The Kier molecular flexibility index (Phi) is 5.04. The molecule has 5 heteroatoms. The summed E-state index contributed by atoms with van der Waals surface area (Å²) in [5.74, 6) is 0. The number of rotatable bonds is 6. The molecule has 1 N–H and O–H groups in total. The third kappa shape index (κ3) is 3.37. The highest BCUT2D eigenvalue weighted by Gasteiger charge is 2.16. The highest BCUT2D eigenvalue weighted by atomic mass is 15.3. The molecule has 0 saturated carbocycles. The van der Waals surface area contributed by atoms with Crippen LogP contribution in [0.25, 0.3) is 5.69 Å². The third-order valence-electron chi connectivity index (χ3n) is 4.93. The number of hydrogen-bond donors (Lipinski definition) is 1. The van der Waals surface area contributed by atoms with Gasteiger partial charge in [0.25, 0.3) is 0 Å². The second-order valence-corrected chi connectivity index (χ2v) is 6.50. The van der Waals surface area contributed by atoms with Crippen LogP contribution in [0, 0.1) is 20.8 Å². The molecule has 5 nitrogen and oxygen atoms in total. The van der Waals surface area contributed by atoms with Crippen LogP contribution in [-0.2, 0) is 13.1 Å². The number of aryl methyl sites for hydroxylation is 2. The Bertz CT molecular complexity index is 845. The Morgan fingerprint density at radius 3 is 2.44 bits per heavy atom. The lowest BCUT2D eigenvalue weighted by atomic mass is 10.1. The second kappa shape index (κ2) is 7.23. The largest absolute Gasteiger partial charge is 0.306 e. The van der Waals surface area contributed by atoms with Gasteiger partial charge in [0.2, 0.25) is 0 Å². The summed E-state index contributed by atoms with van der Waals surface area (Å²) in [6.45, 7) is 12.4. The van der Waals surface area contributed by atoms with Crippen molar-refractivity contribution in [3.8, 4) is 5.69 Å². The quantitative estimate of drug-likeness (QED) is 0.743. The molecule has 132 valence electrons. The number of benzene rings is 1. The molecule has 0 bridgehead atoms. The maximum absolute atomic E-state index is 4.60. The molecule has 0 amide bonds. The molecule has 0 aliphatic heterocycles. The molecule has 0 aliphatic carbocycles. The fourth-order valence-corrected chi connectivity index (χ4v) is 3.34. The molecule has 0 radical (unpaired) electrons. The number of aromatic nitrogens is 4. The second-order valence-electron chi connectivity index (χ2n) is 6.50. The van der Waals surface area contributed by atoms with Crippen molar-refractivity contribution in [2.24, 2.45) is 0 Å². The maximum atomic E-state index is 4.60. The van der Waals surface area contributed by atoms with Crippen molar-refractivity contribution in [3.63, 3.8) is 0 Å². The zero-order chi connectivity index (χ0) is 18.0. The van der Waals surface area contributed by atoms with E-state index in [1.807, 2.05) is 29.1 Å². The van der Waals surface area contributed by atoms with E-state index in [0.717, 1.165) is 24.5 Å². The molecule has 2 heterocycles. The van der Waals surface area contributed by atoms with Gasteiger partial charge in [0.15, 0.2) is 0 Å². The molecular formula is C20H27N5. The van der Waals surface area contributed by atoms with Gasteiger partial charge >= 0.3 is 0 Å². The summed E-state index contributed by atoms with van der Waals surface area (Å²) in [5, 5.41) is 12.8. The standard InChI is InChI=1S/C20H27N5/c1-6-24-16(4)19(15(3)23-24)12-21-14(2)20-13-22-25(17(20)5)18-10-8-7-9-11-18/h7-11,13-14,21H,6,12H2,1-5H3/t14-/m1/s1. The summed E-state index contributed by atoms with van der Waals surface area (Å²) in [5.41, 5.74) is 7.13. The van der Waals surface area contributed by atoms with Crippen molar-refractivity contribution in [2.75, 3.05) is 0 Å². The molecule has 1 aromatic carbocycles. The first-order chi connectivity index (χ1) is 12.0. The van der Waals surface area contributed by atoms with Crippen LogP contribution in [0.2, 0.25) is 0 Å². The normalized spacial score (nSPS) is 12.5. The van der Waals surface area contributed by atoms with Gasteiger partial charge in [-0.1, -0.05) is 18.2 Å². The summed E-state index contributed by atoms with van der Waals surface area (Å²) >= 11 is 0. The van der Waals surface area contributed by atoms with E-state index in [9.17, 15) is 0 Å².